The Bertz CT molecular complexity index is 447. The standard InChI is InChI=1S/C12H17N5O/c1-4-11(9-12(18)16(3)5-2)7-6-8-17-10-13-14-15-17/h4,6-8,10H,1,5,9H2,2-3H3/b8-6+,11-7+. The number of aromatic nitrogens is 4. The molecule has 6 heteroatoms. The van der Waals surface area contributed by atoms with Crippen LogP contribution < -0.4 is 0 Å². The fourth-order valence-electron chi connectivity index (χ4n) is 1.18. The van der Waals surface area contributed by atoms with E-state index in [0.717, 1.165) is 5.57 Å². The van der Waals surface area contributed by atoms with E-state index in [1.165, 1.54) is 11.0 Å². The maximum absolute atomic E-state index is 11.7. The Balaban J connectivity index is 2.60. The summed E-state index contributed by atoms with van der Waals surface area (Å²) in [5, 5.41) is 10.7. The Morgan fingerprint density at radius 1 is 1.56 bits per heavy atom. The van der Waals surface area contributed by atoms with Crippen molar-refractivity contribution in [3.8, 4) is 0 Å². The molecule has 0 aromatic carbocycles. The third-order valence-electron chi connectivity index (χ3n) is 2.43. The lowest BCUT2D eigenvalue weighted by atomic mass is 10.1. The van der Waals surface area contributed by atoms with E-state index in [4.69, 9.17) is 0 Å². The highest BCUT2D eigenvalue weighted by Gasteiger charge is 2.06. The minimum Gasteiger partial charge on any atom is -0.346 e. The molecule has 1 aromatic rings. The molecule has 1 amide bonds. The van der Waals surface area contributed by atoms with Gasteiger partial charge in [-0.3, -0.25) is 4.79 Å². The molecule has 1 rings (SSSR count). The van der Waals surface area contributed by atoms with Crippen LogP contribution in [0, 0.1) is 0 Å². The van der Waals surface area contributed by atoms with E-state index < -0.39 is 0 Å². The van der Waals surface area contributed by atoms with Crippen LogP contribution in [0.15, 0.2) is 36.7 Å². The van der Waals surface area contributed by atoms with Crippen molar-refractivity contribution in [3.63, 3.8) is 0 Å². The molecule has 1 aromatic heterocycles. The van der Waals surface area contributed by atoms with Crippen molar-refractivity contribution < 1.29 is 4.79 Å². The Morgan fingerprint density at radius 2 is 2.33 bits per heavy atom. The van der Waals surface area contributed by atoms with Gasteiger partial charge in [-0.25, -0.2) is 4.68 Å². The van der Waals surface area contributed by atoms with Crippen molar-refractivity contribution in [2.24, 2.45) is 0 Å². The maximum Gasteiger partial charge on any atom is 0.226 e. The molecule has 0 saturated heterocycles. The fourth-order valence-corrected chi connectivity index (χ4v) is 1.18. The molecular weight excluding hydrogens is 230 g/mol. The molecule has 0 radical (unpaired) electrons. The molecule has 0 fully saturated rings. The Labute approximate surface area is 106 Å². The molecule has 0 aliphatic carbocycles. The Hall–Kier alpha value is -2.24. The molecule has 0 aliphatic heterocycles. The summed E-state index contributed by atoms with van der Waals surface area (Å²) in [6, 6.07) is 0. The molecule has 0 N–H and O–H groups in total. The van der Waals surface area contributed by atoms with Crippen LogP contribution in [0.25, 0.3) is 6.20 Å². The molecule has 0 atom stereocenters. The van der Waals surface area contributed by atoms with E-state index in [9.17, 15) is 4.79 Å². The van der Waals surface area contributed by atoms with Gasteiger partial charge in [-0.05, 0) is 29.0 Å². The van der Waals surface area contributed by atoms with E-state index in [1.54, 1.807) is 30.3 Å². The molecule has 0 saturated carbocycles. The zero-order valence-corrected chi connectivity index (χ0v) is 10.7. The largest absolute Gasteiger partial charge is 0.346 e. The van der Waals surface area contributed by atoms with Gasteiger partial charge in [0, 0.05) is 19.8 Å². The van der Waals surface area contributed by atoms with Crippen LogP contribution in [-0.4, -0.2) is 44.6 Å². The van der Waals surface area contributed by atoms with Gasteiger partial charge in [0.2, 0.25) is 5.91 Å². The number of tetrazole rings is 1. The van der Waals surface area contributed by atoms with Gasteiger partial charge in [0.25, 0.3) is 0 Å². The first-order chi connectivity index (χ1) is 8.67. The van der Waals surface area contributed by atoms with Gasteiger partial charge < -0.3 is 4.90 Å². The summed E-state index contributed by atoms with van der Waals surface area (Å²) in [6.07, 6.45) is 8.77. The van der Waals surface area contributed by atoms with Crippen molar-refractivity contribution >= 4 is 12.1 Å². The first-order valence-corrected chi connectivity index (χ1v) is 5.63. The SMILES string of the molecule is C=C/C(=C\C=C\n1cnnn1)CC(=O)N(C)CC. The zero-order valence-electron chi connectivity index (χ0n) is 10.7. The number of rotatable bonds is 6. The molecule has 96 valence electrons. The van der Waals surface area contributed by atoms with Crippen LogP contribution in [0.2, 0.25) is 0 Å². The third-order valence-corrected chi connectivity index (χ3v) is 2.43. The van der Waals surface area contributed by atoms with E-state index in [2.05, 4.69) is 22.1 Å². The number of carbonyl (C=O) groups is 1. The molecular formula is C12H17N5O. The Kier molecular flexibility index (Phi) is 5.50. The lowest BCUT2D eigenvalue weighted by Gasteiger charge is -2.14. The van der Waals surface area contributed by atoms with Gasteiger partial charge in [0.1, 0.15) is 6.33 Å². The van der Waals surface area contributed by atoms with E-state index in [-0.39, 0.29) is 5.91 Å². The van der Waals surface area contributed by atoms with E-state index >= 15 is 0 Å². The second-order valence-corrected chi connectivity index (χ2v) is 3.66. The summed E-state index contributed by atoms with van der Waals surface area (Å²) in [5.74, 6) is 0.0690. The normalized spacial score (nSPS) is 11.8. The average molecular weight is 247 g/mol. The number of amides is 1. The topological polar surface area (TPSA) is 63.9 Å². The quantitative estimate of drug-likeness (QED) is 0.707. The predicted octanol–water partition coefficient (Wildman–Crippen LogP) is 1.12. The number of nitrogens with zero attached hydrogens (tertiary/aromatic N) is 5. The van der Waals surface area contributed by atoms with Crippen molar-refractivity contribution in [2.75, 3.05) is 13.6 Å². The van der Waals surface area contributed by atoms with Crippen LogP contribution in [0.1, 0.15) is 13.3 Å². The van der Waals surface area contributed by atoms with Gasteiger partial charge in [-0.1, -0.05) is 18.7 Å². The number of carbonyl (C=O) groups excluding carboxylic acids is 1. The van der Waals surface area contributed by atoms with Crippen molar-refractivity contribution in [2.45, 2.75) is 13.3 Å². The third kappa shape index (κ3) is 4.32. The van der Waals surface area contributed by atoms with Crippen LogP contribution in [0.3, 0.4) is 0 Å². The van der Waals surface area contributed by atoms with Crippen molar-refractivity contribution in [1.29, 1.82) is 0 Å². The lowest BCUT2D eigenvalue weighted by molar-refractivity contribution is -0.128. The highest BCUT2D eigenvalue weighted by molar-refractivity contribution is 5.79. The predicted molar refractivity (Wildman–Crippen MR) is 69.4 cm³/mol. The number of hydrogen-bond acceptors (Lipinski definition) is 4. The van der Waals surface area contributed by atoms with Gasteiger partial charge >= 0.3 is 0 Å². The monoisotopic (exact) mass is 247 g/mol. The first-order valence-electron chi connectivity index (χ1n) is 5.63. The Morgan fingerprint density at radius 3 is 2.89 bits per heavy atom. The second-order valence-electron chi connectivity index (χ2n) is 3.66. The van der Waals surface area contributed by atoms with E-state index in [0.29, 0.717) is 13.0 Å². The first kappa shape index (κ1) is 13.8. The molecule has 0 spiro atoms. The van der Waals surface area contributed by atoms with Crippen LogP contribution >= 0.6 is 0 Å². The summed E-state index contributed by atoms with van der Waals surface area (Å²) < 4.78 is 1.47. The highest BCUT2D eigenvalue weighted by Crippen LogP contribution is 2.05. The summed E-state index contributed by atoms with van der Waals surface area (Å²) in [6.45, 7) is 6.33. The van der Waals surface area contributed by atoms with Gasteiger partial charge in [0.05, 0.1) is 6.42 Å². The summed E-state index contributed by atoms with van der Waals surface area (Å²) in [4.78, 5) is 13.4. The van der Waals surface area contributed by atoms with Crippen LogP contribution in [-0.2, 0) is 4.79 Å². The van der Waals surface area contributed by atoms with Crippen molar-refractivity contribution in [3.05, 3.63) is 36.7 Å². The van der Waals surface area contributed by atoms with Gasteiger partial charge in [-0.2, -0.15) is 0 Å². The molecule has 18 heavy (non-hydrogen) atoms. The summed E-state index contributed by atoms with van der Waals surface area (Å²) in [7, 11) is 1.78. The van der Waals surface area contributed by atoms with Gasteiger partial charge in [-0.15, -0.1) is 5.10 Å². The molecule has 6 nitrogen and oxygen atoms in total. The molecule has 0 unspecified atom stereocenters. The molecule has 0 aliphatic rings. The fraction of sp³-hybridized carbons (Fsp3) is 0.333. The lowest BCUT2D eigenvalue weighted by Crippen LogP contribution is -2.26. The number of hydrogen-bond donors (Lipinski definition) is 0. The molecule has 1 heterocycles. The van der Waals surface area contributed by atoms with Gasteiger partial charge in [0.15, 0.2) is 0 Å². The van der Waals surface area contributed by atoms with Crippen molar-refractivity contribution in [1.82, 2.24) is 25.1 Å². The van der Waals surface area contributed by atoms with E-state index in [1.807, 2.05) is 13.0 Å². The average Bonchev–Trinajstić information content (AvgIpc) is 2.89. The maximum atomic E-state index is 11.7. The smallest absolute Gasteiger partial charge is 0.226 e. The number of allylic oxidation sites excluding steroid dienone is 3. The minimum atomic E-state index is 0.0690. The minimum absolute atomic E-state index is 0.0690. The summed E-state index contributed by atoms with van der Waals surface area (Å²) in [5.41, 5.74) is 0.852. The van der Waals surface area contributed by atoms with Crippen LogP contribution in [0.4, 0.5) is 0 Å². The zero-order chi connectivity index (χ0) is 13.4. The molecule has 0 bridgehead atoms. The second kappa shape index (κ2) is 7.16. The summed E-state index contributed by atoms with van der Waals surface area (Å²) >= 11 is 0. The highest BCUT2D eigenvalue weighted by atomic mass is 16.2. The van der Waals surface area contributed by atoms with Crippen LogP contribution in [0.5, 0.6) is 0 Å².